The average molecular weight is 342 g/mol. The van der Waals surface area contributed by atoms with Gasteiger partial charge in [-0.25, -0.2) is 0 Å². The summed E-state index contributed by atoms with van der Waals surface area (Å²) in [5, 5.41) is 11.2. The summed E-state index contributed by atoms with van der Waals surface area (Å²) in [5.74, 6) is -0.284. The topological polar surface area (TPSA) is 63.5 Å². The standard InChI is InChI=1S/C18H22N2O3Si/c1-24(2,3)14-19(13-15-9-5-4-6-10-15)18(21)16-11-7-8-12-17(16)20(22)23/h4-12H,13-14H2,1-3H3. The number of hydrogen-bond donors (Lipinski definition) is 0. The van der Waals surface area contributed by atoms with E-state index in [-0.39, 0.29) is 17.2 Å². The number of para-hydroxylation sites is 1. The minimum absolute atomic E-state index is 0.142. The summed E-state index contributed by atoms with van der Waals surface area (Å²) in [6.45, 7) is 6.99. The van der Waals surface area contributed by atoms with Crippen LogP contribution in [0.4, 0.5) is 5.69 Å². The van der Waals surface area contributed by atoms with Crippen LogP contribution in [0.1, 0.15) is 15.9 Å². The van der Waals surface area contributed by atoms with Crippen LogP contribution in [0.5, 0.6) is 0 Å². The Kier molecular flexibility index (Phi) is 5.51. The maximum absolute atomic E-state index is 13.0. The molecular weight excluding hydrogens is 320 g/mol. The summed E-state index contributed by atoms with van der Waals surface area (Å²) in [7, 11) is -1.58. The Morgan fingerprint density at radius 3 is 2.21 bits per heavy atom. The number of nitro groups is 1. The largest absolute Gasteiger partial charge is 0.337 e. The molecular formula is C18H22N2O3Si. The average Bonchev–Trinajstić information content (AvgIpc) is 2.53. The quantitative estimate of drug-likeness (QED) is 0.451. The van der Waals surface area contributed by atoms with Crippen molar-refractivity contribution in [3.05, 3.63) is 75.8 Å². The lowest BCUT2D eigenvalue weighted by atomic mass is 10.1. The van der Waals surface area contributed by atoms with Crippen LogP contribution in [0, 0.1) is 10.1 Å². The Morgan fingerprint density at radius 2 is 1.62 bits per heavy atom. The predicted molar refractivity (Wildman–Crippen MR) is 97.6 cm³/mol. The van der Waals surface area contributed by atoms with Gasteiger partial charge in [-0.3, -0.25) is 14.9 Å². The van der Waals surface area contributed by atoms with Gasteiger partial charge in [0.1, 0.15) is 5.56 Å². The zero-order chi connectivity index (χ0) is 17.7. The first kappa shape index (κ1) is 17.9. The van der Waals surface area contributed by atoms with E-state index in [1.54, 1.807) is 17.0 Å². The van der Waals surface area contributed by atoms with Gasteiger partial charge in [-0.1, -0.05) is 62.1 Å². The van der Waals surface area contributed by atoms with Gasteiger partial charge in [-0.05, 0) is 11.6 Å². The fraction of sp³-hybridized carbons (Fsp3) is 0.278. The highest BCUT2D eigenvalue weighted by Crippen LogP contribution is 2.21. The van der Waals surface area contributed by atoms with E-state index in [0.717, 1.165) is 5.56 Å². The Labute approximate surface area is 143 Å². The van der Waals surface area contributed by atoms with Gasteiger partial charge in [0.15, 0.2) is 0 Å². The fourth-order valence-corrected chi connectivity index (χ4v) is 3.96. The van der Waals surface area contributed by atoms with Crippen molar-refractivity contribution in [1.82, 2.24) is 4.90 Å². The summed E-state index contributed by atoms with van der Waals surface area (Å²) in [6, 6.07) is 15.9. The second-order valence-corrected chi connectivity index (χ2v) is 12.4. The van der Waals surface area contributed by atoms with Gasteiger partial charge in [-0.15, -0.1) is 0 Å². The molecule has 0 aliphatic carbocycles. The van der Waals surface area contributed by atoms with Crippen molar-refractivity contribution in [2.24, 2.45) is 0 Å². The molecule has 6 heteroatoms. The first-order chi connectivity index (χ1) is 11.3. The van der Waals surface area contributed by atoms with Gasteiger partial charge in [-0.2, -0.15) is 0 Å². The van der Waals surface area contributed by atoms with E-state index in [9.17, 15) is 14.9 Å². The highest BCUT2D eigenvalue weighted by Gasteiger charge is 2.28. The molecule has 0 fully saturated rings. The van der Waals surface area contributed by atoms with Gasteiger partial charge in [0.05, 0.1) is 13.0 Å². The van der Waals surface area contributed by atoms with Gasteiger partial charge < -0.3 is 4.90 Å². The molecule has 126 valence electrons. The molecule has 1 amide bonds. The molecule has 0 aliphatic rings. The monoisotopic (exact) mass is 342 g/mol. The zero-order valence-electron chi connectivity index (χ0n) is 14.2. The summed E-state index contributed by atoms with van der Waals surface area (Å²) in [6.07, 6.45) is 0.646. The number of nitrogens with zero attached hydrogens (tertiary/aromatic N) is 2. The summed E-state index contributed by atoms with van der Waals surface area (Å²) in [5.41, 5.74) is 1.02. The third-order valence-corrected chi connectivity index (χ3v) is 4.83. The molecule has 2 aromatic carbocycles. The Balaban J connectivity index is 2.36. The van der Waals surface area contributed by atoms with E-state index in [2.05, 4.69) is 19.6 Å². The van der Waals surface area contributed by atoms with Crippen LogP contribution >= 0.6 is 0 Å². The molecule has 0 heterocycles. The number of carbonyl (C=O) groups excluding carboxylic acids is 1. The summed E-state index contributed by atoms with van der Waals surface area (Å²) >= 11 is 0. The highest BCUT2D eigenvalue weighted by molar-refractivity contribution is 6.76. The van der Waals surface area contributed by atoms with Gasteiger partial charge in [0, 0.05) is 18.8 Å². The first-order valence-electron chi connectivity index (χ1n) is 7.84. The van der Waals surface area contributed by atoms with E-state index in [4.69, 9.17) is 0 Å². The van der Waals surface area contributed by atoms with Crippen LogP contribution < -0.4 is 0 Å². The molecule has 0 spiro atoms. The van der Waals surface area contributed by atoms with Crippen LogP contribution in [-0.2, 0) is 6.54 Å². The van der Waals surface area contributed by atoms with Crippen LogP contribution in [0.15, 0.2) is 54.6 Å². The van der Waals surface area contributed by atoms with Crippen LogP contribution in [-0.4, -0.2) is 30.0 Å². The van der Waals surface area contributed by atoms with Crippen molar-refractivity contribution < 1.29 is 9.72 Å². The predicted octanol–water partition coefficient (Wildman–Crippen LogP) is 4.11. The van der Waals surface area contributed by atoms with E-state index in [1.807, 2.05) is 30.3 Å². The second-order valence-electron chi connectivity index (χ2n) is 6.98. The molecule has 2 rings (SSSR count). The number of nitro benzene ring substituents is 1. The number of hydrogen-bond acceptors (Lipinski definition) is 3. The summed E-state index contributed by atoms with van der Waals surface area (Å²) < 4.78 is 0. The maximum atomic E-state index is 13.0. The van der Waals surface area contributed by atoms with E-state index in [1.165, 1.54) is 12.1 Å². The van der Waals surface area contributed by atoms with Gasteiger partial charge in [0.25, 0.3) is 11.6 Å². The molecule has 0 aliphatic heterocycles. The molecule has 5 nitrogen and oxygen atoms in total. The normalized spacial score (nSPS) is 11.1. The Hall–Kier alpha value is -2.47. The van der Waals surface area contributed by atoms with Crippen molar-refractivity contribution in [2.45, 2.75) is 26.2 Å². The minimum atomic E-state index is -1.58. The Bertz CT molecular complexity index is 727. The SMILES string of the molecule is C[Si](C)(C)CN(Cc1ccccc1)C(=O)c1ccccc1[N+](=O)[O-]. The van der Waals surface area contributed by atoms with E-state index in [0.29, 0.717) is 12.7 Å². The number of amides is 1. The molecule has 0 unspecified atom stereocenters. The molecule has 0 saturated carbocycles. The first-order valence-corrected chi connectivity index (χ1v) is 11.6. The van der Waals surface area contributed by atoms with E-state index >= 15 is 0 Å². The maximum Gasteiger partial charge on any atom is 0.282 e. The molecule has 0 N–H and O–H groups in total. The third-order valence-electron chi connectivity index (χ3n) is 3.50. The van der Waals surface area contributed by atoms with Crippen LogP contribution in [0.25, 0.3) is 0 Å². The minimum Gasteiger partial charge on any atom is -0.337 e. The number of rotatable bonds is 6. The lowest BCUT2D eigenvalue weighted by Crippen LogP contribution is -2.43. The summed E-state index contributed by atoms with van der Waals surface area (Å²) in [4.78, 5) is 25.5. The highest BCUT2D eigenvalue weighted by atomic mass is 28.3. The van der Waals surface area contributed by atoms with Crippen molar-refractivity contribution >= 4 is 19.7 Å². The van der Waals surface area contributed by atoms with Gasteiger partial charge >= 0.3 is 0 Å². The number of benzene rings is 2. The molecule has 0 saturated heterocycles. The Morgan fingerprint density at radius 1 is 1.04 bits per heavy atom. The van der Waals surface area contributed by atoms with Crippen molar-refractivity contribution in [3.63, 3.8) is 0 Å². The van der Waals surface area contributed by atoms with Gasteiger partial charge in [0.2, 0.25) is 0 Å². The molecule has 0 bridgehead atoms. The van der Waals surface area contributed by atoms with Crippen LogP contribution in [0.2, 0.25) is 19.6 Å². The molecule has 0 radical (unpaired) electrons. The third kappa shape index (κ3) is 4.76. The molecule has 24 heavy (non-hydrogen) atoms. The lowest BCUT2D eigenvalue weighted by Gasteiger charge is -2.29. The van der Waals surface area contributed by atoms with Crippen LogP contribution in [0.3, 0.4) is 0 Å². The van der Waals surface area contributed by atoms with Crippen molar-refractivity contribution in [2.75, 3.05) is 6.17 Å². The van der Waals surface area contributed by atoms with Crippen molar-refractivity contribution in [3.8, 4) is 0 Å². The smallest absolute Gasteiger partial charge is 0.282 e. The lowest BCUT2D eigenvalue weighted by molar-refractivity contribution is -0.385. The molecule has 0 atom stereocenters. The molecule has 0 aromatic heterocycles. The fourth-order valence-electron chi connectivity index (χ4n) is 2.56. The number of carbonyl (C=O) groups is 1. The molecule has 2 aromatic rings. The van der Waals surface area contributed by atoms with Crippen molar-refractivity contribution in [1.29, 1.82) is 0 Å². The second kappa shape index (κ2) is 7.40. The zero-order valence-corrected chi connectivity index (χ0v) is 15.2. The van der Waals surface area contributed by atoms with E-state index < -0.39 is 13.0 Å².